The fourth-order valence-corrected chi connectivity index (χ4v) is 13.9. The molecule has 6 heteroatoms. The molecule has 3 aliphatic rings. The van der Waals surface area contributed by atoms with Gasteiger partial charge >= 0.3 is 0 Å². The van der Waals surface area contributed by atoms with Crippen LogP contribution >= 0.6 is 0 Å². The predicted octanol–water partition coefficient (Wildman–Crippen LogP) is 9.33. The Labute approximate surface area is 305 Å². The number of allylic oxidation sites excluding steroid dienone is 2. The van der Waals surface area contributed by atoms with Crippen LogP contribution in [-0.2, 0) is 18.6 Å². The number of aliphatic hydroxyl groups excluding tert-OH is 1. The zero-order chi connectivity index (χ0) is 36.4. The van der Waals surface area contributed by atoms with Crippen molar-refractivity contribution in [2.45, 2.75) is 149 Å². The Morgan fingerprint density at radius 3 is 2.14 bits per heavy atom. The molecule has 5 nitrogen and oxygen atoms in total. The summed E-state index contributed by atoms with van der Waals surface area (Å²) in [5.41, 5.74) is 0.654. The minimum absolute atomic E-state index is 0.0451. The Morgan fingerprint density at radius 2 is 1.60 bits per heavy atom. The maximum atomic E-state index is 11.6. The number of benzene rings is 2. The van der Waals surface area contributed by atoms with E-state index in [0.29, 0.717) is 25.4 Å². The molecule has 1 N–H and O–H groups in total. The van der Waals surface area contributed by atoms with E-state index in [1.165, 1.54) is 15.9 Å². The van der Waals surface area contributed by atoms with Crippen LogP contribution in [0.15, 0.2) is 84.5 Å². The predicted molar refractivity (Wildman–Crippen MR) is 208 cm³/mol. The van der Waals surface area contributed by atoms with Crippen LogP contribution in [-0.4, -0.2) is 49.4 Å². The van der Waals surface area contributed by atoms with Crippen LogP contribution in [0.25, 0.3) is 0 Å². The smallest absolute Gasteiger partial charge is 0.261 e. The van der Waals surface area contributed by atoms with Gasteiger partial charge in [-0.3, -0.25) is 0 Å². The molecule has 3 aliphatic heterocycles. The Hall–Kier alpha value is -2.06. The summed E-state index contributed by atoms with van der Waals surface area (Å²) in [6, 6.07) is 21.8. The molecule has 0 saturated carbocycles. The Bertz CT molecular complexity index is 1410. The largest absolute Gasteiger partial charge is 0.407 e. The summed E-state index contributed by atoms with van der Waals surface area (Å²) >= 11 is 0. The fraction of sp³-hybridized carbons (Fsp3) is 0.636. The lowest BCUT2D eigenvalue weighted by Gasteiger charge is -2.54. The van der Waals surface area contributed by atoms with Crippen molar-refractivity contribution in [3.05, 3.63) is 84.5 Å². The second-order valence-electron chi connectivity index (χ2n) is 16.9. The van der Waals surface area contributed by atoms with Crippen LogP contribution in [0.2, 0.25) is 5.04 Å². The van der Waals surface area contributed by atoms with Crippen molar-refractivity contribution in [2.75, 3.05) is 6.61 Å². The molecular formula is C44H66O5Si. The van der Waals surface area contributed by atoms with Crippen molar-refractivity contribution < 1.29 is 23.7 Å². The van der Waals surface area contributed by atoms with Crippen LogP contribution < -0.4 is 10.4 Å². The van der Waals surface area contributed by atoms with Crippen LogP contribution in [0.3, 0.4) is 0 Å². The van der Waals surface area contributed by atoms with Gasteiger partial charge in [-0.15, -0.1) is 0 Å². The van der Waals surface area contributed by atoms with Gasteiger partial charge in [-0.25, -0.2) is 0 Å². The van der Waals surface area contributed by atoms with Gasteiger partial charge in [-0.1, -0.05) is 134 Å². The van der Waals surface area contributed by atoms with E-state index >= 15 is 0 Å². The normalized spacial score (nSPS) is 33.2. The van der Waals surface area contributed by atoms with Gasteiger partial charge in [0.2, 0.25) is 0 Å². The molecule has 0 bridgehead atoms. The summed E-state index contributed by atoms with van der Waals surface area (Å²) in [5.74, 6) is -0.966. The Balaban J connectivity index is 1.42. The highest BCUT2D eigenvalue weighted by atomic mass is 28.4. The van der Waals surface area contributed by atoms with Crippen molar-refractivity contribution in [1.82, 2.24) is 0 Å². The lowest BCUT2D eigenvalue weighted by molar-refractivity contribution is -0.400. The Kier molecular flexibility index (Phi) is 12.1. The highest BCUT2D eigenvalue weighted by molar-refractivity contribution is 6.99. The molecule has 2 fully saturated rings. The molecule has 276 valence electrons. The van der Waals surface area contributed by atoms with E-state index in [9.17, 15) is 5.11 Å². The first kappa shape index (κ1) is 39.2. The number of aliphatic hydroxyl groups is 1. The molecule has 0 amide bonds. The van der Waals surface area contributed by atoms with Crippen molar-refractivity contribution in [3.8, 4) is 0 Å². The third-order valence-corrected chi connectivity index (χ3v) is 17.6. The maximum absolute atomic E-state index is 11.6. The van der Waals surface area contributed by atoms with Crippen molar-refractivity contribution in [3.63, 3.8) is 0 Å². The Morgan fingerprint density at radius 1 is 0.980 bits per heavy atom. The van der Waals surface area contributed by atoms with E-state index in [-0.39, 0.29) is 28.9 Å². The van der Waals surface area contributed by atoms with E-state index in [0.717, 1.165) is 32.1 Å². The molecule has 0 radical (unpaired) electrons. The van der Waals surface area contributed by atoms with Gasteiger partial charge < -0.3 is 23.7 Å². The van der Waals surface area contributed by atoms with E-state index in [2.05, 4.69) is 148 Å². The zero-order valence-electron chi connectivity index (χ0n) is 32.7. The summed E-state index contributed by atoms with van der Waals surface area (Å²) < 4.78 is 29.2. The molecule has 2 aromatic rings. The molecule has 2 aromatic carbocycles. The van der Waals surface area contributed by atoms with Crippen LogP contribution in [0.4, 0.5) is 0 Å². The molecule has 2 spiro atoms. The summed E-state index contributed by atoms with van der Waals surface area (Å²) in [7, 11) is -2.71. The molecule has 0 aliphatic carbocycles. The monoisotopic (exact) mass is 702 g/mol. The van der Waals surface area contributed by atoms with E-state index in [1.54, 1.807) is 0 Å². The molecule has 0 unspecified atom stereocenters. The molecule has 3 heterocycles. The maximum Gasteiger partial charge on any atom is 0.261 e. The highest BCUT2D eigenvalue weighted by Crippen LogP contribution is 2.55. The van der Waals surface area contributed by atoms with E-state index in [4.69, 9.17) is 18.6 Å². The van der Waals surface area contributed by atoms with Gasteiger partial charge in [0.05, 0.1) is 17.8 Å². The van der Waals surface area contributed by atoms with E-state index in [1.807, 2.05) is 0 Å². The minimum Gasteiger partial charge on any atom is -0.407 e. The fourth-order valence-electron chi connectivity index (χ4n) is 9.31. The molecule has 9 atom stereocenters. The highest BCUT2D eigenvalue weighted by Gasteiger charge is 2.62. The third kappa shape index (κ3) is 7.27. The van der Waals surface area contributed by atoms with Gasteiger partial charge in [-0.05, 0) is 79.8 Å². The second kappa shape index (κ2) is 15.5. The minimum atomic E-state index is -2.71. The van der Waals surface area contributed by atoms with E-state index < -0.39 is 31.6 Å². The van der Waals surface area contributed by atoms with Gasteiger partial charge in [0.15, 0.2) is 11.6 Å². The third-order valence-electron chi connectivity index (χ3n) is 12.6. The molecular weight excluding hydrogens is 637 g/mol. The van der Waals surface area contributed by atoms with Gasteiger partial charge in [0, 0.05) is 30.8 Å². The zero-order valence-corrected chi connectivity index (χ0v) is 33.7. The van der Waals surface area contributed by atoms with Gasteiger partial charge in [0.1, 0.15) is 0 Å². The SMILES string of the molecule is C/C=C(\C)CC[C@H](O)[C@@]1(CC)C[C@@H](C)[C@@]2(CC=C[C@@]3(O[C@H]([C@@H](CC)CO[Si](c4ccccc4)(c4ccccc4)C(C)(C)C)[C@@H](C)C[C@H]3C)O2)O1. The molecule has 2 saturated heterocycles. The van der Waals surface area contributed by atoms with Gasteiger partial charge in [0.25, 0.3) is 8.32 Å². The lowest BCUT2D eigenvalue weighted by Crippen LogP contribution is -2.67. The topological polar surface area (TPSA) is 57.2 Å². The summed E-state index contributed by atoms with van der Waals surface area (Å²) in [6.45, 7) is 23.1. The molecule has 50 heavy (non-hydrogen) atoms. The lowest BCUT2D eigenvalue weighted by atomic mass is 9.77. The summed E-state index contributed by atoms with van der Waals surface area (Å²) in [4.78, 5) is 0. The number of ether oxygens (including phenoxy) is 3. The van der Waals surface area contributed by atoms with Crippen molar-refractivity contribution in [2.24, 2.45) is 23.7 Å². The average molecular weight is 703 g/mol. The van der Waals surface area contributed by atoms with Crippen LogP contribution in [0.1, 0.15) is 114 Å². The average Bonchev–Trinajstić information content (AvgIpc) is 3.38. The molecule has 0 aromatic heterocycles. The summed E-state index contributed by atoms with van der Waals surface area (Å²) in [5, 5.41) is 14.1. The van der Waals surface area contributed by atoms with Gasteiger partial charge in [-0.2, -0.15) is 0 Å². The van der Waals surface area contributed by atoms with Crippen LogP contribution in [0.5, 0.6) is 0 Å². The first-order valence-corrected chi connectivity index (χ1v) is 21.4. The molecule has 5 rings (SSSR count). The number of rotatable bonds is 12. The first-order chi connectivity index (χ1) is 23.7. The quantitative estimate of drug-likeness (QED) is 0.177. The summed E-state index contributed by atoms with van der Waals surface area (Å²) in [6.07, 6.45) is 11.6. The first-order valence-electron chi connectivity index (χ1n) is 19.5. The van der Waals surface area contributed by atoms with Crippen molar-refractivity contribution >= 4 is 18.7 Å². The van der Waals surface area contributed by atoms with Crippen molar-refractivity contribution in [1.29, 1.82) is 0 Å². The van der Waals surface area contributed by atoms with Crippen LogP contribution in [0, 0.1) is 23.7 Å². The number of hydrogen-bond donors (Lipinski definition) is 1. The standard InChI is InChI=1S/C44H66O5Si/c1-11-32(4)25-26-39(45)42(13-3)30-35(7)44(48-42)28-20-27-43(49-44)34(6)29-33(5)40(47-43)36(12-2)31-46-50(41(8,9)10,37-21-16-14-17-22-37)38-23-18-15-19-24-38/h11,14-24,27,33-36,39-40,45H,12-13,25-26,28-31H2,1-10H3/b32-11+/t33-,34+,35+,36-,39-,40-,42+,43+,44-/m0/s1. The second-order valence-corrected chi connectivity index (χ2v) is 21.2. The number of hydrogen-bond acceptors (Lipinski definition) is 5.